The SMILES string of the molecule is CC.CC.CC1OC(O)CC(N)C1O.COc1cccc2c1C(=O)c1c(O)c3c(c(O)c1C2=O)C[C@@](O)(/C(CO)=N\NC(=O)CCC(=O)O)CC3. The summed E-state index contributed by atoms with van der Waals surface area (Å²) in [5.41, 5.74) is 4.75. The number of carboxylic acid groups (broad SMARTS) is 1. The molecule has 0 saturated carbocycles. The van der Waals surface area contributed by atoms with Crippen molar-refractivity contribution in [1.29, 1.82) is 0 Å². The van der Waals surface area contributed by atoms with Crippen LogP contribution in [0.2, 0.25) is 0 Å². The summed E-state index contributed by atoms with van der Waals surface area (Å²) in [4.78, 5) is 49.1. The number of aromatic hydroxyl groups is 2. The Kier molecular flexibility index (Phi) is 15.7. The number of amides is 1. The lowest BCUT2D eigenvalue weighted by Crippen LogP contribution is -2.51. The van der Waals surface area contributed by atoms with E-state index in [1.807, 2.05) is 27.7 Å². The van der Waals surface area contributed by atoms with Gasteiger partial charge in [-0.3, -0.25) is 19.2 Å². The van der Waals surface area contributed by atoms with Crippen LogP contribution in [-0.2, 0) is 27.2 Å². The molecule has 0 bridgehead atoms. The number of fused-ring (bicyclic) bond motifs is 3. The number of nitrogens with two attached hydrogens (primary N) is 1. The predicted molar refractivity (Wildman–Crippen MR) is 184 cm³/mol. The van der Waals surface area contributed by atoms with Gasteiger partial charge in [-0.05, 0) is 25.8 Å². The Hall–Kier alpha value is -4.45. The van der Waals surface area contributed by atoms with Crippen molar-refractivity contribution in [2.45, 2.75) is 103 Å². The van der Waals surface area contributed by atoms with E-state index in [0.29, 0.717) is 6.42 Å². The van der Waals surface area contributed by atoms with Gasteiger partial charge in [0.25, 0.3) is 0 Å². The predicted octanol–water partition coefficient (Wildman–Crippen LogP) is 1.29. The summed E-state index contributed by atoms with van der Waals surface area (Å²) in [6, 6.07) is 4.05. The van der Waals surface area contributed by atoms with E-state index in [9.17, 15) is 44.7 Å². The fraction of sp³-hybridized carbons (Fsp3) is 0.514. The van der Waals surface area contributed by atoms with Crippen LogP contribution in [0, 0.1) is 0 Å². The first-order valence-corrected chi connectivity index (χ1v) is 16.7. The lowest BCUT2D eigenvalue weighted by atomic mass is 9.73. The number of hydrogen-bond donors (Lipinski definition) is 9. The van der Waals surface area contributed by atoms with Crippen molar-refractivity contribution < 1.29 is 64.4 Å². The number of carboxylic acids is 1. The minimum atomic E-state index is -1.89. The molecule has 4 unspecified atom stereocenters. The highest BCUT2D eigenvalue weighted by molar-refractivity contribution is 6.31. The molecule has 3 aliphatic rings. The van der Waals surface area contributed by atoms with Gasteiger partial charge in [-0.15, -0.1) is 0 Å². The summed E-state index contributed by atoms with van der Waals surface area (Å²) in [6.07, 6.45) is -2.90. The monoisotopic (exact) mass is 719 g/mol. The number of nitrogens with one attached hydrogen (secondary N) is 1. The van der Waals surface area contributed by atoms with Gasteiger partial charge in [0.2, 0.25) is 11.7 Å². The van der Waals surface area contributed by atoms with E-state index >= 15 is 0 Å². The second-order valence-corrected chi connectivity index (χ2v) is 11.5. The number of benzene rings is 2. The van der Waals surface area contributed by atoms with Gasteiger partial charge in [-0.2, -0.15) is 5.10 Å². The van der Waals surface area contributed by atoms with Crippen LogP contribution in [0.3, 0.4) is 0 Å². The minimum absolute atomic E-state index is 0.00384. The molecule has 5 atom stereocenters. The molecule has 16 heteroatoms. The topological polar surface area (TPSA) is 279 Å². The average Bonchev–Trinajstić information content (AvgIpc) is 3.11. The van der Waals surface area contributed by atoms with E-state index in [0.717, 1.165) is 0 Å². The molecule has 51 heavy (non-hydrogen) atoms. The number of nitrogens with zero attached hydrogens (tertiary/aromatic N) is 1. The first-order chi connectivity index (χ1) is 24.1. The molecule has 0 spiro atoms. The van der Waals surface area contributed by atoms with Gasteiger partial charge >= 0.3 is 5.97 Å². The number of hydrazone groups is 1. The van der Waals surface area contributed by atoms with Gasteiger partial charge in [0, 0.05) is 42.0 Å². The number of carbonyl (C=O) groups is 4. The summed E-state index contributed by atoms with van der Waals surface area (Å²) in [5, 5.41) is 73.8. The third-order valence-electron chi connectivity index (χ3n) is 8.42. The Balaban J connectivity index is 0.000000545. The van der Waals surface area contributed by atoms with Crippen LogP contribution in [0.15, 0.2) is 23.3 Å². The van der Waals surface area contributed by atoms with Crippen molar-refractivity contribution in [3.63, 3.8) is 0 Å². The molecule has 282 valence electrons. The summed E-state index contributed by atoms with van der Waals surface area (Å²) in [5.74, 6) is -4.28. The highest BCUT2D eigenvalue weighted by atomic mass is 16.6. The molecule has 1 aliphatic heterocycles. The number of rotatable bonds is 7. The number of aliphatic hydroxyl groups is 4. The van der Waals surface area contributed by atoms with Crippen LogP contribution in [-0.4, -0.2) is 109 Å². The van der Waals surface area contributed by atoms with E-state index in [-0.39, 0.29) is 70.7 Å². The second-order valence-electron chi connectivity index (χ2n) is 11.5. The van der Waals surface area contributed by atoms with Crippen molar-refractivity contribution >= 4 is 29.2 Å². The zero-order valence-corrected chi connectivity index (χ0v) is 29.6. The molecule has 10 N–H and O–H groups in total. The van der Waals surface area contributed by atoms with Crippen molar-refractivity contribution in [1.82, 2.24) is 5.43 Å². The highest BCUT2D eigenvalue weighted by Gasteiger charge is 2.44. The van der Waals surface area contributed by atoms with Gasteiger partial charge in [-0.1, -0.05) is 39.8 Å². The summed E-state index contributed by atoms with van der Waals surface area (Å²) >= 11 is 0. The van der Waals surface area contributed by atoms with Crippen LogP contribution < -0.4 is 15.9 Å². The number of ketones is 2. The van der Waals surface area contributed by atoms with Crippen LogP contribution in [0.4, 0.5) is 0 Å². The number of aliphatic carboxylic acids is 1. The number of hydrogen-bond acceptors (Lipinski definition) is 14. The zero-order valence-electron chi connectivity index (χ0n) is 29.6. The normalized spacial score (nSPS) is 23.3. The number of methoxy groups -OCH3 is 1. The number of aliphatic hydroxyl groups excluding tert-OH is 3. The van der Waals surface area contributed by atoms with Crippen LogP contribution >= 0.6 is 0 Å². The van der Waals surface area contributed by atoms with Crippen LogP contribution in [0.25, 0.3) is 0 Å². The van der Waals surface area contributed by atoms with Crippen molar-refractivity contribution in [2.24, 2.45) is 10.8 Å². The molecule has 1 heterocycles. The van der Waals surface area contributed by atoms with Crippen molar-refractivity contribution in [3.05, 3.63) is 51.6 Å². The minimum Gasteiger partial charge on any atom is -0.507 e. The first kappa shape index (κ1) is 42.7. The second kappa shape index (κ2) is 18.7. The Morgan fingerprint density at radius 2 is 1.63 bits per heavy atom. The van der Waals surface area contributed by atoms with Crippen molar-refractivity contribution in [2.75, 3.05) is 13.7 Å². The van der Waals surface area contributed by atoms with Crippen molar-refractivity contribution in [3.8, 4) is 17.2 Å². The molecule has 2 aromatic carbocycles. The molecule has 0 aromatic heterocycles. The van der Waals surface area contributed by atoms with E-state index < -0.39 is 77.9 Å². The number of carbonyl (C=O) groups excluding carboxylic acids is 3. The lowest BCUT2D eigenvalue weighted by Gasteiger charge is -2.36. The average molecular weight is 720 g/mol. The van der Waals surface area contributed by atoms with E-state index in [2.05, 4.69) is 10.5 Å². The molecule has 1 amide bonds. The Morgan fingerprint density at radius 3 is 2.20 bits per heavy atom. The molecular formula is C35H49N3O13. The maximum absolute atomic E-state index is 13.3. The number of ether oxygens (including phenoxy) is 2. The highest BCUT2D eigenvalue weighted by Crippen LogP contribution is 2.48. The Morgan fingerprint density at radius 1 is 1.02 bits per heavy atom. The molecule has 16 nitrogen and oxygen atoms in total. The summed E-state index contributed by atoms with van der Waals surface area (Å²) in [6.45, 7) is 8.90. The van der Waals surface area contributed by atoms with Gasteiger partial charge in [0.15, 0.2) is 12.1 Å². The molecule has 1 saturated heterocycles. The smallest absolute Gasteiger partial charge is 0.303 e. The number of phenolic OH excluding ortho intramolecular Hbond substituents is 2. The Bertz CT molecular complexity index is 1610. The Labute approximate surface area is 295 Å². The fourth-order valence-electron chi connectivity index (χ4n) is 5.87. The largest absolute Gasteiger partial charge is 0.507 e. The molecule has 1 fully saturated rings. The first-order valence-electron chi connectivity index (χ1n) is 16.7. The molecule has 2 aromatic rings. The van der Waals surface area contributed by atoms with Gasteiger partial charge in [0.1, 0.15) is 22.8 Å². The van der Waals surface area contributed by atoms with E-state index in [1.54, 1.807) is 6.92 Å². The quantitative estimate of drug-likeness (QED) is 0.0946. The van der Waals surface area contributed by atoms with E-state index in [1.165, 1.54) is 25.3 Å². The van der Waals surface area contributed by atoms with Gasteiger partial charge in [-0.25, -0.2) is 5.43 Å². The van der Waals surface area contributed by atoms with Gasteiger partial charge in [0.05, 0.1) is 54.7 Å². The molecule has 5 rings (SSSR count). The lowest BCUT2D eigenvalue weighted by molar-refractivity contribution is -0.198. The maximum atomic E-state index is 13.3. The number of phenols is 2. The molecular weight excluding hydrogens is 670 g/mol. The van der Waals surface area contributed by atoms with Crippen LogP contribution in [0.5, 0.6) is 17.2 Å². The standard InChI is InChI=1S/C25H24N2O10.C6H13NO3.2C2H6/c1-37-14-4-2-3-12-18(14)24(35)20-19(22(12)33)23(34)13-9-25(36,8-7-11(13)21(20)32)15(10-28)26-27-16(29)5-6-17(30)31;1-3-6(9)4(7)2-5(8)10-3;2*1-2/h2-4,28,32,34,36H,5-10H2,1H3,(H,27,29)(H,30,31);3-6,8-9H,2,7H2,1H3;2*1-2H3/b26-15-;;;/t25-;;;/m1.../s1. The molecule has 0 radical (unpaired) electrons. The van der Waals surface area contributed by atoms with Crippen LogP contribution in [0.1, 0.15) is 103 Å². The molecule has 2 aliphatic carbocycles. The third kappa shape index (κ3) is 9.27. The summed E-state index contributed by atoms with van der Waals surface area (Å²) < 4.78 is 10.1. The zero-order chi connectivity index (χ0) is 38.8. The third-order valence-corrected chi connectivity index (χ3v) is 8.42. The fourth-order valence-corrected chi connectivity index (χ4v) is 5.87. The van der Waals surface area contributed by atoms with E-state index in [4.69, 9.17) is 25.4 Å². The van der Waals surface area contributed by atoms with Gasteiger partial charge < -0.3 is 51.0 Å². The summed E-state index contributed by atoms with van der Waals surface area (Å²) in [7, 11) is 1.34. The maximum Gasteiger partial charge on any atom is 0.303 e.